The first-order valence-corrected chi connectivity index (χ1v) is 5.51. The number of hydrogen-bond acceptors (Lipinski definition) is 3. The Balaban J connectivity index is 2.07. The predicted molar refractivity (Wildman–Crippen MR) is 67.1 cm³/mol. The van der Waals surface area contributed by atoms with Crippen LogP contribution in [0.15, 0.2) is 42.6 Å². The molecule has 3 rings (SSSR count). The van der Waals surface area contributed by atoms with E-state index in [1.165, 1.54) is 0 Å². The first-order valence-electron chi connectivity index (χ1n) is 5.51. The average molecular weight is 227 g/mol. The molecule has 1 aromatic heterocycles. The number of nitrogens with zero attached hydrogens (tertiary/aromatic N) is 2. The standard InChI is InChI=1S/C13H13N3O/c1-17-11-4-2-3-10(9-11)12-5-7-14-13-6-8-15-16(12)13/h2-6,8-9,14H,7H2,1H3. The van der Waals surface area contributed by atoms with E-state index in [1.807, 2.05) is 28.9 Å². The summed E-state index contributed by atoms with van der Waals surface area (Å²) in [6.45, 7) is 0.818. The summed E-state index contributed by atoms with van der Waals surface area (Å²) in [6, 6.07) is 9.97. The van der Waals surface area contributed by atoms with Crippen molar-refractivity contribution in [1.29, 1.82) is 0 Å². The van der Waals surface area contributed by atoms with E-state index in [-0.39, 0.29) is 0 Å². The second kappa shape index (κ2) is 3.97. The Morgan fingerprint density at radius 3 is 3.18 bits per heavy atom. The first-order chi connectivity index (χ1) is 8.38. The zero-order valence-electron chi connectivity index (χ0n) is 9.55. The van der Waals surface area contributed by atoms with E-state index in [0.29, 0.717) is 0 Å². The number of rotatable bonds is 2. The molecule has 0 saturated heterocycles. The molecule has 0 unspecified atom stereocenters. The lowest BCUT2D eigenvalue weighted by atomic mass is 10.1. The molecule has 0 fully saturated rings. The molecule has 2 aromatic rings. The van der Waals surface area contributed by atoms with E-state index in [2.05, 4.69) is 22.6 Å². The number of benzene rings is 1. The van der Waals surface area contributed by atoms with E-state index in [9.17, 15) is 0 Å². The van der Waals surface area contributed by atoms with E-state index in [4.69, 9.17) is 4.74 Å². The van der Waals surface area contributed by atoms with Crippen LogP contribution >= 0.6 is 0 Å². The van der Waals surface area contributed by atoms with Gasteiger partial charge in [-0.15, -0.1) is 0 Å². The summed E-state index contributed by atoms with van der Waals surface area (Å²) in [4.78, 5) is 0. The van der Waals surface area contributed by atoms with Crippen molar-refractivity contribution in [3.8, 4) is 5.75 Å². The summed E-state index contributed by atoms with van der Waals surface area (Å²) in [5.74, 6) is 1.88. The molecule has 1 aliphatic rings. The van der Waals surface area contributed by atoms with Gasteiger partial charge in [-0.3, -0.25) is 0 Å². The Morgan fingerprint density at radius 2 is 2.29 bits per heavy atom. The number of methoxy groups -OCH3 is 1. The molecule has 0 aliphatic carbocycles. The summed E-state index contributed by atoms with van der Waals surface area (Å²) >= 11 is 0. The first kappa shape index (κ1) is 9.96. The molecular weight excluding hydrogens is 214 g/mol. The number of ether oxygens (including phenoxy) is 1. The summed E-state index contributed by atoms with van der Waals surface area (Å²) in [7, 11) is 1.68. The van der Waals surface area contributed by atoms with Crippen LogP contribution in [0.3, 0.4) is 0 Å². The lowest BCUT2D eigenvalue weighted by Gasteiger charge is -2.18. The third kappa shape index (κ3) is 1.67. The van der Waals surface area contributed by atoms with Gasteiger partial charge < -0.3 is 10.1 Å². The quantitative estimate of drug-likeness (QED) is 0.855. The molecule has 1 N–H and O–H groups in total. The van der Waals surface area contributed by atoms with Crippen molar-refractivity contribution >= 4 is 11.5 Å². The highest BCUT2D eigenvalue weighted by Gasteiger charge is 2.13. The molecule has 0 bridgehead atoms. The highest BCUT2D eigenvalue weighted by molar-refractivity contribution is 5.71. The smallest absolute Gasteiger partial charge is 0.130 e. The largest absolute Gasteiger partial charge is 0.497 e. The third-order valence-corrected chi connectivity index (χ3v) is 2.82. The van der Waals surface area contributed by atoms with Crippen LogP contribution in [0.4, 0.5) is 5.82 Å². The number of fused-ring (bicyclic) bond motifs is 1. The van der Waals surface area contributed by atoms with Crippen molar-refractivity contribution < 1.29 is 4.74 Å². The number of nitrogens with one attached hydrogen (secondary N) is 1. The maximum absolute atomic E-state index is 5.24. The summed E-state index contributed by atoms with van der Waals surface area (Å²) < 4.78 is 7.14. The highest BCUT2D eigenvalue weighted by atomic mass is 16.5. The molecule has 0 amide bonds. The fourth-order valence-corrected chi connectivity index (χ4v) is 1.99. The summed E-state index contributed by atoms with van der Waals surface area (Å²) in [5, 5.41) is 7.58. The summed E-state index contributed by atoms with van der Waals surface area (Å²) in [5.41, 5.74) is 2.19. The lowest BCUT2D eigenvalue weighted by molar-refractivity contribution is 0.414. The molecule has 1 aromatic carbocycles. The molecule has 4 heteroatoms. The molecule has 86 valence electrons. The molecule has 0 spiro atoms. The molecule has 17 heavy (non-hydrogen) atoms. The Hall–Kier alpha value is -2.23. The number of hydrogen-bond donors (Lipinski definition) is 1. The van der Waals surface area contributed by atoms with Gasteiger partial charge in [0.15, 0.2) is 0 Å². The van der Waals surface area contributed by atoms with Crippen LogP contribution in [0.25, 0.3) is 5.70 Å². The maximum atomic E-state index is 5.24. The lowest BCUT2D eigenvalue weighted by Crippen LogP contribution is -2.14. The van der Waals surface area contributed by atoms with Crippen LogP contribution in [-0.2, 0) is 0 Å². The maximum Gasteiger partial charge on any atom is 0.130 e. The molecule has 0 atom stereocenters. The van der Waals surface area contributed by atoms with Crippen molar-refractivity contribution in [1.82, 2.24) is 9.78 Å². The Morgan fingerprint density at radius 1 is 1.35 bits per heavy atom. The van der Waals surface area contributed by atoms with Gasteiger partial charge in [0.2, 0.25) is 0 Å². The zero-order valence-corrected chi connectivity index (χ0v) is 9.55. The SMILES string of the molecule is COc1cccc(C2=CCNc3ccnn32)c1. The van der Waals surface area contributed by atoms with E-state index >= 15 is 0 Å². The Labute approximate surface area is 99.5 Å². The number of anilines is 1. The molecular formula is C13H13N3O. The van der Waals surface area contributed by atoms with Crippen molar-refractivity contribution in [2.75, 3.05) is 19.0 Å². The van der Waals surface area contributed by atoms with Gasteiger partial charge in [-0.05, 0) is 18.2 Å². The second-order valence-corrected chi connectivity index (χ2v) is 3.83. The predicted octanol–water partition coefficient (Wildman–Crippen LogP) is 2.21. The van der Waals surface area contributed by atoms with Gasteiger partial charge in [0.25, 0.3) is 0 Å². The fourth-order valence-electron chi connectivity index (χ4n) is 1.99. The minimum atomic E-state index is 0.818. The van der Waals surface area contributed by atoms with Gasteiger partial charge in [-0.25, -0.2) is 4.68 Å². The molecule has 4 nitrogen and oxygen atoms in total. The number of aromatic nitrogens is 2. The van der Waals surface area contributed by atoms with Crippen molar-refractivity contribution in [3.05, 3.63) is 48.2 Å². The van der Waals surface area contributed by atoms with Gasteiger partial charge in [0.05, 0.1) is 19.0 Å². The van der Waals surface area contributed by atoms with Gasteiger partial charge in [0, 0.05) is 18.2 Å². The van der Waals surface area contributed by atoms with Crippen LogP contribution in [-0.4, -0.2) is 23.4 Å². The van der Waals surface area contributed by atoms with Gasteiger partial charge in [0.1, 0.15) is 11.6 Å². The summed E-state index contributed by atoms with van der Waals surface area (Å²) in [6.07, 6.45) is 3.91. The minimum Gasteiger partial charge on any atom is -0.497 e. The van der Waals surface area contributed by atoms with Crippen molar-refractivity contribution in [2.24, 2.45) is 0 Å². The average Bonchev–Trinajstić information content (AvgIpc) is 2.87. The molecule has 0 saturated carbocycles. The van der Waals surface area contributed by atoms with Crippen LogP contribution in [0.2, 0.25) is 0 Å². The van der Waals surface area contributed by atoms with E-state index < -0.39 is 0 Å². The van der Waals surface area contributed by atoms with Crippen LogP contribution in [0.1, 0.15) is 5.56 Å². The van der Waals surface area contributed by atoms with E-state index in [1.54, 1.807) is 13.3 Å². The topological polar surface area (TPSA) is 39.1 Å². The van der Waals surface area contributed by atoms with Gasteiger partial charge in [-0.1, -0.05) is 12.1 Å². The van der Waals surface area contributed by atoms with Crippen LogP contribution in [0, 0.1) is 0 Å². The van der Waals surface area contributed by atoms with Crippen molar-refractivity contribution in [2.45, 2.75) is 0 Å². The third-order valence-electron chi connectivity index (χ3n) is 2.82. The van der Waals surface area contributed by atoms with Crippen LogP contribution in [0.5, 0.6) is 5.75 Å². The minimum absolute atomic E-state index is 0.818. The van der Waals surface area contributed by atoms with Gasteiger partial charge in [-0.2, -0.15) is 5.10 Å². The fraction of sp³-hybridized carbons (Fsp3) is 0.154. The molecule has 1 aliphatic heterocycles. The zero-order chi connectivity index (χ0) is 11.7. The van der Waals surface area contributed by atoms with Gasteiger partial charge >= 0.3 is 0 Å². The highest BCUT2D eigenvalue weighted by Crippen LogP contribution is 2.26. The Kier molecular flexibility index (Phi) is 2.33. The Bertz CT molecular complexity index is 572. The molecule has 2 heterocycles. The van der Waals surface area contributed by atoms with Crippen molar-refractivity contribution in [3.63, 3.8) is 0 Å². The monoisotopic (exact) mass is 227 g/mol. The normalized spacial score (nSPS) is 13.6. The second-order valence-electron chi connectivity index (χ2n) is 3.83. The van der Waals surface area contributed by atoms with Crippen LogP contribution < -0.4 is 10.1 Å². The molecule has 0 radical (unpaired) electrons. The van der Waals surface area contributed by atoms with E-state index in [0.717, 1.165) is 29.4 Å².